The number of halogens is 1. The zero-order valence-corrected chi connectivity index (χ0v) is 23.1. The van der Waals surface area contributed by atoms with Crippen molar-refractivity contribution in [1.29, 1.82) is 0 Å². The number of aliphatic hydroxyl groups excluding tert-OH is 1. The van der Waals surface area contributed by atoms with Crippen molar-refractivity contribution >= 4 is 45.7 Å². The number of ketones is 1. The van der Waals surface area contributed by atoms with Crippen LogP contribution in [-0.2, 0) is 15.3 Å². The van der Waals surface area contributed by atoms with Gasteiger partial charge in [-0.1, -0.05) is 66.8 Å². The second-order valence-electron chi connectivity index (χ2n) is 8.91. The summed E-state index contributed by atoms with van der Waals surface area (Å²) >= 11 is 2.39. The third kappa shape index (κ3) is 5.75. The fraction of sp³-hybridized carbons (Fsp3) is 0.207. The lowest BCUT2D eigenvalue weighted by Gasteiger charge is -2.23. The molecule has 1 aliphatic heterocycles. The first-order valence-corrected chi connectivity index (χ1v) is 14.4. The van der Waals surface area contributed by atoms with Crippen LogP contribution < -0.4 is 9.64 Å². The topological polar surface area (TPSA) is 106 Å². The Labute approximate surface area is 238 Å². The monoisotopic (exact) mass is 576 g/mol. The molecule has 204 valence electrons. The standard InChI is InChI=1S/C29H25FN4O4S2/c1-2-3-15-38-21-9-6-8-19(16-21)24-23(25(35)18-11-13-31-14-12-18)26(36)27(37)34(24)28-32-33-29(40-28)39-17-20-7-4-5-10-22(20)30/h4-14,16,24,35H,2-3,15,17H2,1H3/b25-23+. The summed E-state index contributed by atoms with van der Waals surface area (Å²) in [5.41, 5.74) is 1.37. The Bertz CT molecular complexity index is 1560. The zero-order chi connectivity index (χ0) is 28.1. The van der Waals surface area contributed by atoms with Crippen LogP contribution in [0.15, 0.2) is 83.0 Å². The number of rotatable bonds is 10. The molecule has 2 aromatic heterocycles. The molecular formula is C29H25FN4O4S2. The molecule has 5 rings (SSSR count). The molecular weight excluding hydrogens is 551 g/mol. The number of nitrogens with zero attached hydrogens (tertiary/aromatic N) is 4. The van der Waals surface area contributed by atoms with Gasteiger partial charge in [-0.05, 0) is 47.9 Å². The average Bonchev–Trinajstić information content (AvgIpc) is 3.55. The second kappa shape index (κ2) is 12.4. The molecule has 2 aromatic carbocycles. The van der Waals surface area contributed by atoms with E-state index in [4.69, 9.17) is 4.74 Å². The maximum atomic E-state index is 14.1. The van der Waals surface area contributed by atoms with Crippen molar-refractivity contribution in [2.45, 2.75) is 35.9 Å². The van der Waals surface area contributed by atoms with Gasteiger partial charge in [0.25, 0.3) is 5.78 Å². The summed E-state index contributed by atoms with van der Waals surface area (Å²) in [6, 6.07) is 15.7. The number of hydrogen-bond donors (Lipinski definition) is 1. The quantitative estimate of drug-likeness (QED) is 0.0597. The van der Waals surface area contributed by atoms with E-state index in [1.165, 1.54) is 35.1 Å². The molecule has 3 heterocycles. The molecule has 1 aliphatic rings. The number of Topliss-reactive ketones (excluding diaryl/α,β-unsaturated/α-hetero) is 1. The van der Waals surface area contributed by atoms with E-state index in [1.54, 1.807) is 54.6 Å². The lowest BCUT2D eigenvalue weighted by Crippen LogP contribution is -2.29. The van der Waals surface area contributed by atoms with Gasteiger partial charge in [0.15, 0.2) is 4.34 Å². The number of ether oxygens (including phenoxy) is 1. The number of unbranched alkanes of at least 4 members (excludes halogenated alkanes) is 1. The van der Waals surface area contributed by atoms with Crippen LogP contribution in [0.25, 0.3) is 5.76 Å². The second-order valence-corrected chi connectivity index (χ2v) is 11.1. The van der Waals surface area contributed by atoms with Gasteiger partial charge in [-0.15, -0.1) is 10.2 Å². The number of benzene rings is 2. The van der Waals surface area contributed by atoms with Crippen molar-refractivity contribution in [1.82, 2.24) is 15.2 Å². The normalized spacial score (nSPS) is 16.4. The molecule has 0 aliphatic carbocycles. The van der Waals surface area contributed by atoms with Crippen molar-refractivity contribution in [2.24, 2.45) is 0 Å². The van der Waals surface area contributed by atoms with Gasteiger partial charge in [0.2, 0.25) is 5.13 Å². The van der Waals surface area contributed by atoms with Gasteiger partial charge in [0, 0.05) is 23.7 Å². The summed E-state index contributed by atoms with van der Waals surface area (Å²) in [5.74, 6) is -1.40. The minimum atomic E-state index is -0.972. The van der Waals surface area contributed by atoms with Crippen LogP contribution in [0.3, 0.4) is 0 Å². The molecule has 1 saturated heterocycles. The van der Waals surface area contributed by atoms with Crippen molar-refractivity contribution in [2.75, 3.05) is 11.5 Å². The van der Waals surface area contributed by atoms with Gasteiger partial charge in [-0.3, -0.25) is 19.5 Å². The van der Waals surface area contributed by atoms with Crippen LogP contribution in [0.4, 0.5) is 9.52 Å². The Kier molecular flexibility index (Phi) is 8.51. The van der Waals surface area contributed by atoms with Gasteiger partial charge in [0.05, 0.1) is 18.2 Å². The zero-order valence-electron chi connectivity index (χ0n) is 21.5. The molecule has 0 radical (unpaired) electrons. The minimum Gasteiger partial charge on any atom is -0.507 e. The number of carbonyl (C=O) groups is 2. The van der Waals surface area contributed by atoms with E-state index in [0.717, 1.165) is 24.2 Å². The summed E-state index contributed by atoms with van der Waals surface area (Å²) in [5, 5.41) is 19.8. The number of anilines is 1. The predicted octanol–water partition coefficient (Wildman–Crippen LogP) is 6.17. The van der Waals surface area contributed by atoms with Crippen molar-refractivity contribution in [3.63, 3.8) is 0 Å². The highest BCUT2D eigenvalue weighted by Crippen LogP contribution is 2.44. The van der Waals surface area contributed by atoms with Crippen molar-refractivity contribution < 1.29 is 23.8 Å². The Morgan fingerprint density at radius 1 is 1.10 bits per heavy atom. The number of aromatic nitrogens is 3. The van der Waals surface area contributed by atoms with Crippen LogP contribution in [-0.4, -0.2) is 38.6 Å². The molecule has 1 amide bonds. The van der Waals surface area contributed by atoms with Crippen LogP contribution in [0, 0.1) is 5.82 Å². The van der Waals surface area contributed by atoms with Crippen LogP contribution in [0.2, 0.25) is 0 Å². The van der Waals surface area contributed by atoms with E-state index in [0.29, 0.717) is 39.1 Å². The molecule has 1 N–H and O–H groups in total. The highest BCUT2D eigenvalue weighted by molar-refractivity contribution is 8.00. The SMILES string of the molecule is CCCCOc1cccc(C2/C(=C(\O)c3ccncc3)C(=O)C(=O)N2c2nnc(SCc3ccccc3F)s2)c1. The highest BCUT2D eigenvalue weighted by atomic mass is 32.2. The molecule has 40 heavy (non-hydrogen) atoms. The van der Waals surface area contributed by atoms with Crippen LogP contribution >= 0.6 is 23.1 Å². The molecule has 1 atom stereocenters. The Hall–Kier alpha value is -4.09. The Balaban J connectivity index is 1.53. The minimum absolute atomic E-state index is 0.0716. The number of amides is 1. The van der Waals surface area contributed by atoms with Gasteiger partial charge in [0.1, 0.15) is 17.3 Å². The van der Waals surface area contributed by atoms with E-state index in [9.17, 15) is 19.1 Å². The van der Waals surface area contributed by atoms with E-state index in [-0.39, 0.29) is 22.3 Å². The lowest BCUT2D eigenvalue weighted by molar-refractivity contribution is -0.132. The predicted molar refractivity (Wildman–Crippen MR) is 152 cm³/mol. The number of carbonyl (C=O) groups excluding carboxylic acids is 2. The van der Waals surface area contributed by atoms with Crippen molar-refractivity contribution in [3.05, 3.63) is 101 Å². The molecule has 0 spiro atoms. The molecule has 11 heteroatoms. The number of thioether (sulfide) groups is 1. The first kappa shape index (κ1) is 27.5. The maximum Gasteiger partial charge on any atom is 0.301 e. The lowest BCUT2D eigenvalue weighted by atomic mass is 9.95. The molecule has 8 nitrogen and oxygen atoms in total. The number of aliphatic hydroxyl groups is 1. The van der Waals surface area contributed by atoms with E-state index >= 15 is 0 Å². The summed E-state index contributed by atoms with van der Waals surface area (Å²) in [6.07, 6.45) is 4.83. The summed E-state index contributed by atoms with van der Waals surface area (Å²) in [7, 11) is 0. The first-order chi connectivity index (χ1) is 19.5. The van der Waals surface area contributed by atoms with Gasteiger partial charge in [-0.25, -0.2) is 4.39 Å². The van der Waals surface area contributed by atoms with E-state index in [2.05, 4.69) is 22.1 Å². The highest BCUT2D eigenvalue weighted by Gasteiger charge is 2.48. The summed E-state index contributed by atoms with van der Waals surface area (Å²) in [4.78, 5) is 32.0. The average molecular weight is 577 g/mol. The summed E-state index contributed by atoms with van der Waals surface area (Å²) < 4.78 is 20.5. The Morgan fingerprint density at radius 2 is 1.90 bits per heavy atom. The number of hydrogen-bond acceptors (Lipinski definition) is 9. The number of pyridine rings is 1. The van der Waals surface area contributed by atoms with E-state index < -0.39 is 17.7 Å². The van der Waals surface area contributed by atoms with Crippen LogP contribution in [0.1, 0.15) is 42.5 Å². The Morgan fingerprint density at radius 3 is 2.67 bits per heavy atom. The summed E-state index contributed by atoms with van der Waals surface area (Å²) in [6.45, 7) is 2.59. The molecule has 1 unspecified atom stereocenters. The third-order valence-corrected chi connectivity index (χ3v) is 8.35. The van der Waals surface area contributed by atoms with Gasteiger partial charge < -0.3 is 9.84 Å². The molecule has 0 bridgehead atoms. The molecule has 0 saturated carbocycles. The largest absolute Gasteiger partial charge is 0.507 e. The van der Waals surface area contributed by atoms with Crippen molar-refractivity contribution in [3.8, 4) is 5.75 Å². The van der Waals surface area contributed by atoms with Gasteiger partial charge >= 0.3 is 5.91 Å². The van der Waals surface area contributed by atoms with E-state index in [1.807, 2.05) is 0 Å². The fourth-order valence-corrected chi connectivity index (χ4v) is 6.09. The van der Waals surface area contributed by atoms with Gasteiger partial charge in [-0.2, -0.15) is 0 Å². The third-order valence-electron chi connectivity index (χ3n) is 6.25. The first-order valence-electron chi connectivity index (χ1n) is 12.6. The fourth-order valence-electron chi connectivity index (χ4n) is 4.23. The smallest absolute Gasteiger partial charge is 0.301 e. The maximum absolute atomic E-state index is 14.1. The molecule has 4 aromatic rings. The molecule has 1 fully saturated rings. The van der Waals surface area contributed by atoms with Crippen LogP contribution in [0.5, 0.6) is 5.75 Å².